The Kier molecular flexibility index (Phi) is 2.99. The summed E-state index contributed by atoms with van der Waals surface area (Å²) in [4.78, 5) is 11.3. The highest BCUT2D eigenvalue weighted by atomic mass is 32.1. The lowest BCUT2D eigenvalue weighted by molar-refractivity contribution is 0.250. The second-order valence-corrected chi connectivity index (χ2v) is 3.02. The highest BCUT2D eigenvalue weighted by Gasteiger charge is 2.00. The van der Waals surface area contributed by atoms with Crippen LogP contribution >= 0.6 is 12.2 Å². The molecule has 0 unspecified atom stereocenters. The van der Waals surface area contributed by atoms with Gasteiger partial charge in [0.05, 0.1) is 0 Å². The molecule has 64 valence electrons. The van der Waals surface area contributed by atoms with Crippen molar-refractivity contribution in [2.75, 3.05) is 6.54 Å². The minimum atomic E-state index is -0.502. The van der Waals surface area contributed by atoms with Crippen LogP contribution < -0.4 is 11.1 Å². The topological polar surface area (TPSA) is 55.1 Å². The summed E-state index contributed by atoms with van der Waals surface area (Å²) < 4.78 is 0. The Labute approximate surface area is 76.3 Å². The normalized spacial score (nSPS) is 15.7. The van der Waals surface area contributed by atoms with E-state index in [1.54, 1.807) is 0 Å². The third kappa shape index (κ3) is 2.84. The van der Waals surface area contributed by atoms with E-state index in [1.165, 1.54) is 0 Å². The summed E-state index contributed by atoms with van der Waals surface area (Å²) in [7, 11) is 0. The van der Waals surface area contributed by atoms with E-state index >= 15 is 0 Å². The number of hydrogen-bond acceptors (Lipinski definition) is 2. The molecule has 1 aliphatic rings. The summed E-state index contributed by atoms with van der Waals surface area (Å²) in [5.74, 6) is 0. The van der Waals surface area contributed by atoms with Crippen molar-refractivity contribution >= 4 is 23.1 Å². The summed E-state index contributed by atoms with van der Waals surface area (Å²) in [5.41, 5.74) is 5.95. The van der Waals surface area contributed by atoms with Gasteiger partial charge in [-0.05, 0) is 11.6 Å². The predicted molar refractivity (Wildman–Crippen MR) is 52.0 cm³/mol. The molecular weight excluding hydrogens is 172 g/mol. The van der Waals surface area contributed by atoms with Crippen LogP contribution in [0.25, 0.3) is 0 Å². The lowest BCUT2D eigenvalue weighted by Gasteiger charge is -2.07. The lowest BCUT2D eigenvalue weighted by atomic mass is 10.1. The molecule has 0 bridgehead atoms. The van der Waals surface area contributed by atoms with E-state index in [-0.39, 0.29) is 0 Å². The van der Waals surface area contributed by atoms with Crippen LogP contribution in [-0.2, 0) is 0 Å². The Morgan fingerprint density at radius 3 is 2.92 bits per heavy atom. The van der Waals surface area contributed by atoms with E-state index in [9.17, 15) is 4.79 Å². The Balaban J connectivity index is 2.40. The monoisotopic (exact) mass is 182 g/mol. The van der Waals surface area contributed by atoms with Gasteiger partial charge in [-0.1, -0.05) is 24.4 Å². The van der Waals surface area contributed by atoms with E-state index in [4.69, 9.17) is 18.0 Å². The van der Waals surface area contributed by atoms with Gasteiger partial charge in [-0.3, -0.25) is 0 Å². The van der Waals surface area contributed by atoms with Crippen LogP contribution in [0.5, 0.6) is 0 Å². The van der Waals surface area contributed by atoms with Crippen LogP contribution in [0.2, 0.25) is 0 Å². The molecule has 0 radical (unpaired) electrons. The Morgan fingerprint density at radius 2 is 2.42 bits per heavy atom. The number of nitrogens with one attached hydrogen (secondary N) is 1. The molecule has 0 spiro atoms. The van der Waals surface area contributed by atoms with Crippen molar-refractivity contribution in [3.63, 3.8) is 0 Å². The number of thiocarbonyl (C=S) groups is 1. The van der Waals surface area contributed by atoms with Crippen LogP contribution in [-0.4, -0.2) is 17.4 Å². The number of hydrogen-bond donors (Lipinski definition) is 2. The number of primary amides is 1. The molecule has 1 aliphatic carbocycles. The van der Waals surface area contributed by atoms with Gasteiger partial charge >= 0.3 is 6.03 Å². The van der Waals surface area contributed by atoms with Crippen molar-refractivity contribution in [2.24, 2.45) is 5.73 Å². The maximum atomic E-state index is 10.3. The molecule has 2 amide bonds. The quantitative estimate of drug-likeness (QED) is 0.624. The first kappa shape index (κ1) is 8.93. The smallest absolute Gasteiger partial charge is 0.312 e. The van der Waals surface area contributed by atoms with E-state index in [1.807, 2.05) is 18.2 Å². The van der Waals surface area contributed by atoms with Crippen LogP contribution in [0.15, 0.2) is 23.8 Å². The molecule has 0 aromatic heterocycles. The molecule has 4 heteroatoms. The molecule has 0 fully saturated rings. The van der Waals surface area contributed by atoms with Crippen molar-refractivity contribution in [3.8, 4) is 0 Å². The molecule has 0 aromatic rings. The Morgan fingerprint density at radius 1 is 1.67 bits per heavy atom. The fourth-order valence-electron chi connectivity index (χ4n) is 0.888. The average molecular weight is 182 g/mol. The van der Waals surface area contributed by atoms with Crippen molar-refractivity contribution < 1.29 is 4.79 Å². The van der Waals surface area contributed by atoms with Crippen molar-refractivity contribution in [3.05, 3.63) is 23.8 Å². The molecule has 0 aliphatic heterocycles. The summed E-state index contributed by atoms with van der Waals surface area (Å²) in [6, 6.07) is -0.502. The number of rotatable bonds is 2. The van der Waals surface area contributed by atoms with Gasteiger partial charge in [0.15, 0.2) is 0 Å². The standard InChI is InChI=1S/C8H10N2OS/c9-8(11)10-5-6-1-3-7(12)4-2-6/h1-3H,4-5H2,(H3,9,10,11). The minimum absolute atomic E-state index is 0.481. The second-order valence-electron chi connectivity index (χ2n) is 2.50. The number of amides is 2. The maximum Gasteiger partial charge on any atom is 0.312 e. The Bertz CT molecular complexity index is 268. The summed E-state index contributed by atoms with van der Waals surface area (Å²) in [6.07, 6.45) is 6.52. The number of allylic oxidation sites excluding steroid dienone is 2. The first-order valence-electron chi connectivity index (χ1n) is 3.62. The third-order valence-electron chi connectivity index (χ3n) is 1.52. The molecule has 0 aromatic carbocycles. The van der Waals surface area contributed by atoms with Gasteiger partial charge in [0.2, 0.25) is 0 Å². The molecule has 0 saturated heterocycles. The largest absolute Gasteiger partial charge is 0.352 e. The molecule has 12 heavy (non-hydrogen) atoms. The number of carbonyl (C=O) groups excluding carboxylic acids is 1. The SMILES string of the molecule is NC(=O)NCC1=CCC(=S)C=C1. The van der Waals surface area contributed by atoms with Crippen molar-refractivity contribution in [1.82, 2.24) is 5.32 Å². The van der Waals surface area contributed by atoms with Crippen LogP contribution in [0.4, 0.5) is 4.79 Å². The second kappa shape index (κ2) is 4.01. The number of carbonyl (C=O) groups is 1. The summed E-state index contributed by atoms with van der Waals surface area (Å²) >= 11 is 4.95. The zero-order valence-electron chi connectivity index (χ0n) is 6.54. The van der Waals surface area contributed by atoms with E-state index in [2.05, 4.69) is 5.32 Å². The molecule has 3 N–H and O–H groups in total. The van der Waals surface area contributed by atoms with Gasteiger partial charge in [-0.15, -0.1) is 0 Å². The maximum absolute atomic E-state index is 10.3. The lowest BCUT2D eigenvalue weighted by Crippen LogP contribution is -2.30. The van der Waals surface area contributed by atoms with Gasteiger partial charge in [-0.2, -0.15) is 0 Å². The molecule has 3 nitrogen and oxygen atoms in total. The van der Waals surface area contributed by atoms with Gasteiger partial charge < -0.3 is 11.1 Å². The zero-order chi connectivity index (χ0) is 8.97. The summed E-state index contributed by atoms with van der Waals surface area (Å²) in [5, 5.41) is 2.51. The van der Waals surface area contributed by atoms with Gasteiger partial charge in [0.25, 0.3) is 0 Å². The van der Waals surface area contributed by atoms with E-state index < -0.39 is 6.03 Å². The number of urea groups is 1. The number of nitrogens with two attached hydrogens (primary N) is 1. The molecule has 0 saturated carbocycles. The zero-order valence-corrected chi connectivity index (χ0v) is 7.36. The fourth-order valence-corrected chi connectivity index (χ4v) is 1.04. The van der Waals surface area contributed by atoms with Crippen LogP contribution in [0.3, 0.4) is 0 Å². The summed E-state index contributed by atoms with van der Waals surface area (Å²) in [6.45, 7) is 0.481. The predicted octanol–water partition coefficient (Wildman–Crippen LogP) is 0.911. The van der Waals surface area contributed by atoms with Crippen LogP contribution in [0.1, 0.15) is 6.42 Å². The van der Waals surface area contributed by atoms with Crippen molar-refractivity contribution in [2.45, 2.75) is 6.42 Å². The van der Waals surface area contributed by atoms with E-state index in [0.717, 1.165) is 16.9 Å². The average Bonchev–Trinajstić information content (AvgIpc) is 2.03. The fraction of sp³-hybridized carbons (Fsp3) is 0.250. The minimum Gasteiger partial charge on any atom is -0.352 e. The molecule has 0 atom stereocenters. The molecule has 0 heterocycles. The molecule has 1 rings (SSSR count). The van der Waals surface area contributed by atoms with Crippen LogP contribution in [0, 0.1) is 0 Å². The first-order chi connectivity index (χ1) is 5.68. The van der Waals surface area contributed by atoms with Gasteiger partial charge in [-0.25, -0.2) is 4.79 Å². The van der Waals surface area contributed by atoms with Crippen molar-refractivity contribution in [1.29, 1.82) is 0 Å². The van der Waals surface area contributed by atoms with Gasteiger partial charge in [0.1, 0.15) is 0 Å². The highest BCUT2D eigenvalue weighted by molar-refractivity contribution is 7.80. The first-order valence-corrected chi connectivity index (χ1v) is 4.02. The third-order valence-corrected chi connectivity index (χ3v) is 1.82. The highest BCUT2D eigenvalue weighted by Crippen LogP contribution is 2.06. The van der Waals surface area contributed by atoms with Gasteiger partial charge in [0, 0.05) is 17.8 Å². The van der Waals surface area contributed by atoms with E-state index in [0.29, 0.717) is 6.54 Å². The molecular formula is C8H10N2OS. The Hall–Kier alpha value is -1.16.